The van der Waals surface area contributed by atoms with Crippen LogP contribution in [0.25, 0.3) is 11.3 Å². The highest BCUT2D eigenvalue weighted by molar-refractivity contribution is 6.07. The number of benzene rings is 1. The second-order valence-corrected chi connectivity index (χ2v) is 6.21. The smallest absolute Gasteiger partial charge is 0.264 e. The third-order valence-corrected chi connectivity index (χ3v) is 4.56. The minimum absolute atomic E-state index is 0.0316. The minimum Gasteiger partial charge on any atom is -0.321 e. The molecule has 25 heavy (non-hydrogen) atoms. The van der Waals surface area contributed by atoms with Crippen LogP contribution in [-0.2, 0) is 6.42 Å². The van der Waals surface area contributed by atoms with Crippen LogP contribution in [0.15, 0.2) is 65.7 Å². The Morgan fingerprint density at radius 3 is 2.64 bits per heavy atom. The van der Waals surface area contributed by atoms with Gasteiger partial charge in [-0.2, -0.15) is 0 Å². The number of rotatable bonds is 2. The number of H-pyrrole nitrogens is 1. The molecule has 1 aromatic carbocycles. The van der Waals surface area contributed by atoms with Gasteiger partial charge in [-0.1, -0.05) is 18.2 Å². The second-order valence-electron chi connectivity index (χ2n) is 6.21. The van der Waals surface area contributed by atoms with Crippen molar-refractivity contribution in [1.82, 2.24) is 9.97 Å². The molecule has 0 saturated carbocycles. The Morgan fingerprint density at radius 1 is 1.12 bits per heavy atom. The van der Waals surface area contributed by atoms with Crippen LogP contribution in [0.3, 0.4) is 0 Å². The number of hydrogen-bond donors (Lipinski definition) is 1. The number of amides is 1. The second kappa shape index (κ2) is 6.02. The highest BCUT2D eigenvalue weighted by Crippen LogP contribution is 2.32. The average molecular weight is 331 g/mol. The first-order chi connectivity index (χ1) is 12.1. The molecule has 5 nitrogen and oxygen atoms in total. The summed E-state index contributed by atoms with van der Waals surface area (Å²) in [4.78, 5) is 34.0. The average Bonchev–Trinajstić information content (AvgIpc) is 2.97. The van der Waals surface area contributed by atoms with Crippen molar-refractivity contribution < 1.29 is 4.79 Å². The number of carbonyl (C=O) groups is 1. The lowest BCUT2D eigenvalue weighted by atomic mass is 10.1. The first-order valence-corrected chi connectivity index (χ1v) is 8.20. The SMILES string of the molecule is CC1Cc2ccccc2N1C(=O)c1ccc(-c2ccncc2)[nH]c1=O. The van der Waals surface area contributed by atoms with E-state index in [0.717, 1.165) is 23.2 Å². The number of carbonyl (C=O) groups excluding carboxylic acids is 1. The Bertz CT molecular complexity index is 995. The predicted molar refractivity (Wildman–Crippen MR) is 96.7 cm³/mol. The van der Waals surface area contributed by atoms with E-state index < -0.39 is 0 Å². The van der Waals surface area contributed by atoms with Gasteiger partial charge in [-0.25, -0.2) is 0 Å². The maximum atomic E-state index is 13.0. The predicted octanol–water partition coefficient (Wildman–Crippen LogP) is 3.03. The van der Waals surface area contributed by atoms with Crippen LogP contribution in [0.2, 0.25) is 0 Å². The van der Waals surface area contributed by atoms with Gasteiger partial charge in [0.15, 0.2) is 0 Å². The Balaban J connectivity index is 1.71. The van der Waals surface area contributed by atoms with E-state index in [2.05, 4.69) is 9.97 Å². The molecule has 5 heteroatoms. The Hall–Kier alpha value is -3.21. The van der Waals surface area contributed by atoms with Crippen LogP contribution in [-0.4, -0.2) is 21.9 Å². The Labute approximate surface area is 145 Å². The van der Waals surface area contributed by atoms with E-state index >= 15 is 0 Å². The van der Waals surface area contributed by atoms with Crippen LogP contribution in [0.5, 0.6) is 0 Å². The largest absolute Gasteiger partial charge is 0.321 e. The van der Waals surface area contributed by atoms with Gasteiger partial charge in [0.25, 0.3) is 11.5 Å². The fraction of sp³-hybridized carbons (Fsp3) is 0.150. The summed E-state index contributed by atoms with van der Waals surface area (Å²) in [5.41, 5.74) is 3.31. The third-order valence-electron chi connectivity index (χ3n) is 4.56. The van der Waals surface area contributed by atoms with E-state index in [4.69, 9.17) is 0 Å². The number of anilines is 1. The van der Waals surface area contributed by atoms with Crippen molar-refractivity contribution in [1.29, 1.82) is 0 Å². The lowest BCUT2D eigenvalue weighted by molar-refractivity contribution is 0.0980. The van der Waals surface area contributed by atoms with Gasteiger partial charge in [0.2, 0.25) is 0 Å². The quantitative estimate of drug-likeness (QED) is 0.785. The van der Waals surface area contributed by atoms with Gasteiger partial charge in [-0.15, -0.1) is 0 Å². The molecule has 0 spiro atoms. The van der Waals surface area contributed by atoms with Gasteiger partial charge < -0.3 is 9.88 Å². The molecule has 0 saturated heterocycles. The maximum absolute atomic E-state index is 13.0. The molecule has 3 heterocycles. The van der Waals surface area contributed by atoms with E-state index in [9.17, 15) is 9.59 Å². The molecule has 0 radical (unpaired) electrons. The van der Waals surface area contributed by atoms with Crippen LogP contribution in [0, 0.1) is 0 Å². The lowest BCUT2D eigenvalue weighted by Crippen LogP contribution is -2.38. The van der Waals surface area contributed by atoms with Crippen molar-refractivity contribution in [3.8, 4) is 11.3 Å². The molecule has 1 atom stereocenters. The molecule has 3 aromatic rings. The highest BCUT2D eigenvalue weighted by Gasteiger charge is 2.32. The van der Waals surface area contributed by atoms with Crippen LogP contribution in [0.4, 0.5) is 5.69 Å². The summed E-state index contributed by atoms with van der Waals surface area (Å²) in [5, 5.41) is 0. The van der Waals surface area contributed by atoms with Crippen molar-refractivity contribution in [3.63, 3.8) is 0 Å². The molecule has 0 fully saturated rings. The molecule has 1 amide bonds. The Kier molecular flexibility index (Phi) is 3.69. The molecule has 124 valence electrons. The summed E-state index contributed by atoms with van der Waals surface area (Å²) < 4.78 is 0. The van der Waals surface area contributed by atoms with Gasteiger partial charge in [-0.3, -0.25) is 14.6 Å². The Morgan fingerprint density at radius 2 is 1.88 bits per heavy atom. The van der Waals surface area contributed by atoms with E-state index in [1.807, 2.05) is 43.3 Å². The van der Waals surface area contributed by atoms with Crippen LogP contribution >= 0.6 is 0 Å². The zero-order valence-corrected chi connectivity index (χ0v) is 13.8. The molecule has 0 aliphatic carbocycles. The maximum Gasteiger partial charge on any atom is 0.264 e. The van der Waals surface area contributed by atoms with Crippen molar-refractivity contribution in [2.24, 2.45) is 0 Å². The summed E-state index contributed by atoms with van der Waals surface area (Å²) in [6.45, 7) is 2.00. The summed E-state index contributed by atoms with van der Waals surface area (Å²) in [6.07, 6.45) is 4.13. The van der Waals surface area contributed by atoms with Gasteiger partial charge in [-0.05, 0) is 49.2 Å². The topological polar surface area (TPSA) is 66.1 Å². The van der Waals surface area contributed by atoms with E-state index in [0.29, 0.717) is 5.69 Å². The van der Waals surface area contributed by atoms with Crippen molar-refractivity contribution >= 4 is 11.6 Å². The number of aromatic nitrogens is 2. The van der Waals surface area contributed by atoms with E-state index in [1.54, 1.807) is 29.4 Å². The van der Waals surface area contributed by atoms with Gasteiger partial charge >= 0.3 is 0 Å². The number of pyridine rings is 2. The van der Waals surface area contributed by atoms with E-state index in [1.165, 1.54) is 0 Å². The molecular weight excluding hydrogens is 314 g/mol. The molecule has 1 aliphatic heterocycles. The normalized spacial score (nSPS) is 15.9. The number of aromatic amines is 1. The van der Waals surface area contributed by atoms with Crippen molar-refractivity contribution in [3.05, 3.63) is 82.4 Å². The van der Waals surface area contributed by atoms with Crippen LogP contribution in [0.1, 0.15) is 22.8 Å². The number of nitrogens with one attached hydrogen (secondary N) is 1. The summed E-state index contributed by atoms with van der Waals surface area (Å²) in [5.74, 6) is -0.264. The molecule has 1 N–H and O–H groups in total. The third kappa shape index (κ3) is 2.63. The zero-order chi connectivity index (χ0) is 17.4. The molecule has 2 aromatic heterocycles. The fourth-order valence-electron chi connectivity index (χ4n) is 3.35. The van der Waals surface area contributed by atoms with E-state index in [-0.39, 0.29) is 23.1 Å². The number of nitrogens with zero attached hydrogens (tertiary/aromatic N) is 2. The molecule has 1 aliphatic rings. The molecule has 1 unspecified atom stereocenters. The van der Waals surface area contributed by atoms with Gasteiger partial charge in [0, 0.05) is 35.4 Å². The lowest BCUT2D eigenvalue weighted by Gasteiger charge is -2.22. The fourth-order valence-corrected chi connectivity index (χ4v) is 3.35. The monoisotopic (exact) mass is 331 g/mol. The first kappa shape index (κ1) is 15.3. The zero-order valence-electron chi connectivity index (χ0n) is 13.8. The minimum atomic E-state index is -0.379. The molecule has 4 rings (SSSR count). The number of para-hydroxylation sites is 1. The standard InChI is InChI=1S/C20H17N3O2/c1-13-12-15-4-2-3-5-18(15)23(13)20(25)16-6-7-17(22-19(16)24)14-8-10-21-11-9-14/h2-11,13H,12H2,1H3,(H,22,24). The molecule has 0 bridgehead atoms. The number of hydrogen-bond acceptors (Lipinski definition) is 3. The molecular formula is C20H17N3O2. The van der Waals surface area contributed by atoms with Gasteiger partial charge in [0.1, 0.15) is 5.56 Å². The summed E-state index contributed by atoms with van der Waals surface area (Å²) in [7, 11) is 0. The summed E-state index contributed by atoms with van der Waals surface area (Å²) >= 11 is 0. The summed E-state index contributed by atoms with van der Waals surface area (Å²) in [6, 6.07) is 14.8. The first-order valence-electron chi connectivity index (χ1n) is 8.20. The number of fused-ring (bicyclic) bond motifs is 1. The van der Waals surface area contributed by atoms with Crippen molar-refractivity contribution in [2.75, 3.05) is 4.90 Å². The highest BCUT2D eigenvalue weighted by atomic mass is 16.2. The van der Waals surface area contributed by atoms with Crippen LogP contribution < -0.4 is 10.5 Å². The van der Waals surface area contributed by atoms with Crippen molar-refractivity contribution in [2.45, 2.75) is 19.4 Å². The van der Waals surface area contributed by atoms with Gasteiger partial charge in [0.05, 0.1) is 0 Å².